The highest BCUT2D eigenvalue weighted by molar-refractivity contribution is 9.10. The lowest BCUT2D eigenvalue weighted by Gasteiger charge is -2.06. The van der Waals surface area contributed by atoms with Gasteiger partial charge in [-0.2, -0.15) is 0 Å². The number of benzene rings is 1. The second-order valence-electron chi connectivity index (χ2n) is 2.31. The zero-order valence-electron chi connectivity index (χ0n) is 6.21. The van der Waals surface area contributed by atoms with Gasteiger partial charge in [-0.25, -0.2) is 0 Å². The lowest BCUT2D eigenvalue weighted by Crippen LogP contribution is -2.24. The molecular weight excluding hydrogens is 248 g/mol. The van der Waals surface area contributed by atoms with Gasteiger partial charge in [-0.1, -0.05) is 15.9 Å². The largest absolute Gasteiger partial charge is 0.539 e. The summed E-state index contributed by atoms with van der Waals surface area (Å²) in [5, 5.41) is 9.95. The van der Waals surface area contributed by atoms with Crippen LogP contribution in [0.5, 0.6) is 0 Å². The van der Waals surface area contributed by atoms with Gasteiger partial charge in [-0.15, -0.1) is 8.78 Å². The molecule has 0 amide bonds. The van der Waals surface area contributed by atoms with E-state index in [1.165, 1.54) is 12.1 Å². The van der Waals surface area contributed by atoms with E-state index in [4.69, 9.17) is 0 Å². The van der Waals surface area contributed by atoms with E-state index in [0.717, 1.165) is 12.1 Å². The van der Waals surface area contributed by atoms with Crippen LogP contribution in [-0.2, 0) is 6.05 Å². The summed E-state index contributed by atoms with van der Waals surface area (Å²) in [6, 6.07) is 0.653. The molecule has 1 aromatic rings. The quantitative estimate of drug-likeness (QED) is 0.461. The predicted octanol–water partition coefficient (Wildman–Crippen LogP) is 2.78. The fourth-order valence-corrected chi connectivity index (χ4v) is 1.02. The molecule has 1 aromatic carbocycles. The number of nitro groups is 1. The molecule has 0 bridgehead atoms. The molecular formula is C7H4BrF2NO2. The van der Waals surface area contributed by atoms with Gasteiger partial charge in [0.15, 0.2) is 0 Å². The molecule has 0 aliphatic carbocycles. The second-order valence-corrected chi connectivity index (χ2v) is 3.22. The van der Waals surface area contributed by atoms with Crippen molar-refractivity contribution >= 4 is 15.9 Å². The Hall–Kier alpha value is -1.04. The summed E-state index contributed by atoms with van der Waals surface area (Å²) in [6.45, 7) is 0. The number of alkyl halides is 2. The molecule has 0 saturated heterocycles. The van der Waals surface area contributed by atoms with Crippen LogP contribution in [0.4, 0.5) is 8.78 Å². The van der Waals surface area contributed by atoms with E-state index in [0.29, 0.717) is 4.47 Å². The number of nitrogens with zero attached hydrogens (tertiary/aromatic N) is 1. The van der Waals surface area contributed by atoms with Gasteiger partial charge >= 0.3 is 6.05 Å². The minimum absolute atomic E-state index is 0.593. The third-order valence-electron chi connectivity index (χ3n) is 1.42. The number of rotatable bonds is 2. The van der Waals surface area contributed by atoms with Crippen LogP contribution in [0.3, 0.4) is 0 Å². The first kappa shape index (κ1) is 10.0. The maximum atomic E-state index is 12.7. The molecule has 0 saturated carbocycles. The fourth-order valence-electron chi connectivity index (χ4n) is 0.756. The van der Waals surface area contributed by atoms with Gasteiger partial charge in [-0.05, 0) is 24.3 Å². The van der Waals surface area contributed by atoms with Crippen LogP contribution in [0.15, 0.2) is 28.7 Å². The Morgan fingerprint density at radius 1 is 1.31 bits per heavy atom. The number of hydrogen-bond donors (Lipinski definition) is 0. The van der Waals surface area contributed by atoms with Gasteiger partial charge in [0.2, 0.25) is 0 Å². The van der Waals surface area contributed by atoms with Crippen LogP contribution in [-0.4, -0.2) is 4.92 Å². The Morgan fingerprint density at radius 3 is 2.15 bits per heavy atom. The van der Waals surface area contributed by atoms with Crippen molar-refractivity contribution in [1.29, 1.82) is 0 Å². The summed E-state index contributed by atoms with van der Waals surface area (Å²) in [4.78, 5) is 8.34. The van der Waals surface area contributed by atoms with E-state index < -0.39 is 16.5 Å². The van der Waals surface area contributed by atoms with Gasteiger partial charge in [-0.3, -0.25) is 10.1 Å². The molecule has 70 valence electrons. The maximum absolute atomic E-state index is 12.7. The Morgan fingerprint density at radius 2 is 1.77 bits per heavy atom. The van der Waals surface area contributed by atoms with Crippen LogP contribution < -0.4 is 0 Å². The van der Waals surface area contributed by atoms with Crippen LogP contribution in [0.25, 0.3) is 0 Å². The van der Waals surface area contributed by atoms with Crippen molar-refractivity contribution < 1.29 is 13.7 Å². The summed E-state index contributed by atoms with van der Waals surface area (Å²) >= 11 is 3.03. The van der Waals surface area contributed by atoms with Crippen LogP contribution in [0.1, 0.15) is 5.56 Å². The standard InChI is InChI=1S/C7H4BrF2NO2/c8-6-3-1-5(2-4-6)7(9,10)11(12)13/h1-4H. The highest BCUT2D eigenvalue weighted by Gasteiger charge is 2.45. The Kier molecular flexibility index (Phi) is 2.60. The maximum Gasteiger partial charge on any atom is 0.539 e. The molecule has 0 radical (unpaired) electrons. The molecule has 0 spiro atoms. The lowest BCUT2D eigenvalue weighted by atomic mass is 10.2. The zero-order valence-corrected chi connectivity index (χ0v) is 7.79. The molecule has 6 heteroatoms. The predicted molar refractivity (Wildman–Crippen MR) is 45.0 cm³/mol. The van der Waals surface area contributed by atoms with Crippen molar-refractivity contribution in [2.24, 2.45) is 0 Å². The molecule has 0 N–H and O–H groups in total. The molecule has 0 fully saturated rings. The molecule has 0 atom stereocenters. The molecule has 0 aromatic heterocycles. The molecule has 0 aliphatic heterocycles. The SMILES string of the molecule is O=[N+]([O-])C(F)(F)c1ccc(Br)cc1. The van der Waals surface area contributed by atoms with Gasteiger partial charge in [0.25, 0.3) is 0 Å². The average molecular weight is 252 g/mol. The molecule has 0 unspecified atom stereocenters. The van der Waals surface area contributed by atoms with Gasteiger partial charge in [0.05, 0.1) is 0 Å². The Labute approximate surface area is 80.6 Å². The lowest BCUT2D eigenvalue weighted by molar-refractivity contribution is -0.656. The topological polar surface area (TPSA) is 43.1 Å². The summed E-state index contributed by atoms with van der Waals surface area (Å²) in [5.41, 5.74) is -0.624. The fraction of sp³-hybridized carbons (Fsp3) is 0.143. The summed E-state index contributed by atoms with van der Waals surface area (Å²) in [7, 11) is 0. The van der Waals surface area contributed by atoms with Gasteiger partial charge < -0.3 is 0 Å². The number of halogens is 3. The molecule has 1 rings (SSSR count). The molecule has 13 heavy (non-hydrogen) atoms. The van der Waals surface area contributed by atoms with Crippen LogP contribution in [0, 0.1) is 10.1 Å². The van der Waals surface area contributed by atoms with Crippen molar-refractivity contribution in [3.63, 3.8) is 0 Å². The molecule has 0 heterocycles. The first-order valence-corrected chi connectivity index (χ1v) is 4.02. The van der Waals surface area contributed by atoms with Crippen molar-refractivity contribution in [3.8, 4) is 0 Å². The highest BCUT2D eigenvalue weighted by Crippen LogP contribution is 2.28. The normalized spacial score (nSPS) is 11.3. The summed E-state index contributed by atoms with van der Waals surface area (Å²) in [6.07, 6.45) is 0. The molecule has 0 aliphatic rings. The van der Waals surface area contributed by atoms with Gasteiger partial charge in [0, 0.05) is 4.47 Å². The van der Waals surface area contributed by atoms with E-state index in [1.54, 1.807) is 0 Å². The third kappa shape index (κ3) is 2.00. The Bertz CT molecular complexity index is 326. The molecule has 3 nitrogen and oxygen atoms in total. The van der Waals surface area contributed by atoms with Crippen LogP contribution in [0.2, 0.25) is 0 Å². The second kappa shape index (κ2) is 3.37. The van der Waals surface area contributed by atoms with Crippen molar-refractivity contribution in [1.82, 2.24) is 0 Å². The van der Waals surface area contributed by atoms with E-state index >= 15 is 0 Å². The first-order chi connectivity index (χ1) is 5.94. The zero-order chi connectivity index (χ0) is 10.1. The van der Waals surface area contributed by atoms with Crippen molar-refractivity contribution in [2.45, 2.75) is 6.05 Å². The minimum Gasteiger partial charge on any atom is -0.259 e. The monoisotopic (exact) mass is 251 g/mol. The summed E-state index contributed by atoms with van der Waals surface area (Å²) < 4.78 is 26.0. The van der Waals surface area contributed by atoms with E-state index in [1.807, 2.05) is 0 Å². The van der Waals surface area contributed by atoms with Crippen molar-refractivity contribution in [2.75, 3.05) is 0 Å². The average Bonchev–Trinajstić information content (AvgIpc) is 2.04. The number of hydrogen-bond acceptors (Lipinski definition) is 2. The third-order valence-corrected chi connectivity index (χ3v) is 1.95. The van der Waals surface area contributed by atoms with Crippen molar-refractivity contribution in [3.05, 3.63) is 44.4 Å². The van der Waals surface area contributed by atoms with E-state index in [-0.39, 0.29) is 0 Å². The van der Waals surface area contributed by atoms with E-state index in [2.05, 4.69) is 15.9 Å². The van der Waals surface area contributed by atoms with E-state index in [9.17, 15) is 18.9 Å². The Balaban J connectivity index is 3.08. The minimum atomic E-state index is -4.01. The first-order valence-electron chi connectivity index (χ1n) is 3.23. The smallest absolute Gasteiger partial charge is 0.259 e. The highest BCUT2D eigenvalue weighted by atomic mass is 79.9. The van der Waals surface area contributed by atoms with Gasteiger partial charge in [0.1, 0.15) is 10.5 Å². The summed E-state index contributed by atoms with van der Waals surface area (Å²) in [5.74, 6) is 0. The van der Waals surface area contributed by atoms with Crippen LogP contribution >= 0.6 is 15.9 Å².